The number of amides is 2. The van der Waals surface area contributed by atoms with Crippen LogP contribution in [0.2, 0.25) is 0 Å². The molecule has 0 saturated carbocycles. The van der Waals surface area contributed by atoms with Gasteiger partial charge >= 0.3 is 6.03 Å². The van der Waals surface area contributed by atoms with Crippen molar-refractivity contribution in [3.05, 3.63) is 39.3 Å². The minimum Gasteiger partial charge on any atom is -0.336 e. The van der Waals surface area contributed by atoms with Gasteiger partial charge in [-0.15, -0.1) is 11.3 Å². The van der Waals surface area contributed by atoms with E-state index < -0.39 is 0 Å². The van der Waals surface area contributed by atoms with Crippen LogP contribution in [-0.2, 0) is 19.4 Å². The maximum Gasteiger partial charge on any atom is 0.317 e. The maximum atomic E-state index is 12.6. The smallest absolute Gasteiger partial charge is 0.317 e. The third-order valence-electron chi connectivity index (χ3n) is 5.07. The van der Waals surface area contributed by atoms with Gasteiger partial charge in [-0.25, -0.2) is 4.79 Å². The number of aryl methyl sites for hydroxylation is 1. The Bertz CT molecular complexity index is 710. The molecule has 142 valence electrons. The molecule has 1 aliphatic rings. The number of hydrogen-bond acceptors (Lipinski definition) is 4. The van der Waals surface area contributed by atoms with Crippen molar-refractivity contribution in [2.45, 2.75) is 44.7 Å². The van der Waals surface area contributed by atoms with Crippen molar-refractivity contribution >= 4 is 17.4 Å². The summed E-state index contributed by atoms with van der Waals surface area (Å²) in [5.74, 6) is 0. The second-order valence-corrected chi connectivity index (χ2v) is 8.20. The number of thiophene rings is 1. The molecule has 0 bridgehead atoms. The van der Waals surface area contributed by atoms with Gasteiger partial charge in [0, 0.05) is 24.2 Å². The summed E-state index contributed by atoms with van der Waals surface area (Å²) in [6.45, 7) is 1.14. The molecular weight excluding hydrogens is 346 g/mol. The van der Waals surface area contributed by atoms with Crippen LogP contribution in [0.25, 0.3) is 0 Å². The van der Waals surface area contributed by atoms with E-state index in [2.05, 4.69) is 31.9 Å². The van der Waals surface area contributed by atoms with Gasteiger partial charge in [-0.1, -0.05) is 12.5 Å². The zero-order valence-electron chi connectivity index (χ0n) is 15.9. The Labute approximate surface area is 159 Å². The van der Waals surface area contributed by atoms with E-state index in [1.807, 2.05) is 27.2 Å². The summed E-state index contributed by atoms with van der Waals surface area (Å²) in [6.07, 6.45) is 5.84. The summed E-state index contributed by atoms with van der Waals surface area (Å²) in [6, 6.07) is 4.30. The van der Waals surface area contributed by atoms with Crippen LogP contribution in [0.5, 0.6) is 0 Å². The minimum absolute atomic E-state index is 0.0567. The van der Waals surface area contributed by atoms with E-state index in [1.165, 1.54) is 35.4 Å². The molecule has 0 aromatic carbocycles. The molecule has 2 heterocycles. The van der Waals surface area contributed by atoms with Gasteiger partial charge < -0.3 is 15.1 Å². The Morgan fingerprint density at radius 1 is 1.31 bits per heavy atom. The van der Waals surface area contributed by atoms with Crippen molar-refractivity contribution in [1.82, 2.24) is 25.3 Å². The van der Waals surface area contributed by atoms with Crippen LogP contribution in [0.4, 0.5) is 4.79 Å². The highest BCUT2D eigenvalue weighted by Gasteiger charge is 2.20. The molecule has 3 rings (SSSR count). The fraction of sp³-hybridized carbons (Fsp3) is 0.579. The Balaban J connectivity index is 1.57. The molecule has 1 atom stereocenters. The summed E-state index contributed by atoms with van der Waals surface area (Å²) in [5, 5.41) is 12.8. The van der Waals surface area contributed by atoms with Crippen molar-refractivity contribution in [3.8, 4) is 0 Å². The van der Waals surface area contributed by atoms with E-state index in [-0.39, 0.29) is 12.1 Å². The van der Waals surface area contributed by atoms with Gasteiger partial charge in [0.1, 0.15) is 0 Å². The van der Waals surface area contributed by atoms with Crippen LogP contribution in [0.15, 0.2) is 17.5 Å². The third-order valence-corrected chi connectivity index (χ3v) is 6.04. The molecule has 0 spiro atoms. The number of aromatic nitrogens is 2. The van der Waals surface area contributed by atoms with E-state index in [9.17, 15) is 4.79 Å². The molecular formula is C19H29N5OS. The van der Waals surface area contributed by atoms with E-state index in [0.717, 1.165) is 18.5 Å². The maximum absolute atomic E-state index is 12.6. The highest BCUT2D eigenvalue weighted by Crippen LogP contribution is 2.23. The zero-order chi connectivity index (χ0) is 18.5. The predicted molar refractivity (Wildman–Crippen MR) is 105 cm³/mol. The SMILES string of the molecule is CN(Cc1n[nH]c2c1CCCCC2)C(=O)NC[C@H](c1cccs1)N(C)C. The number of nitrogens with zero attached hydrogens (tertiary/aromatic N) is 3. The quantitative estimate of drug-likeness (QED) is 0.762. The molecule has 0 fully saturated rings. The van der Waals surface area contributed by atoms with E-state index >= 15 is 0 Å². The summed E-state index contributed by atoms with van der Waals surface area (Å²) in [4.78, 5) is 17.7. The van der Waals surface area contributed by atoms with Gasteiger partial charge in [0.2, 0.25) is 0 Å². The molecule has 0 unspecified atom stereocenters. The monoisotopic (exact) mass is 375 g/mol. The van der Waals surface area contributed by atoms with Crippen molar-refractivity contribution in [3.63, 3.8) is 0 Å². The molecule has 0 radical (unpaired) electrons. The first kappa shape index (κ1) is 18.9. The molecule has 2 N–H and O–H groups in total. The van der Waals surface area contributed by atoms with Gasteiger partial charge in [-0.05, 0) is 56.8 Å². The lowest BCUT2D eigenvalue weighted by Gasteiger charge is -2.25. The second-order valence-electron chi connectivity index (χ2n) is 7.23. The average Bonchev–Trinajstić information content (AvgIpc) is 3.20. The number of aromatic amines is 1. The largest absolute Gasteiger partial charge is 0.336 e. The topological polar surface area (TPSA) is 64.3 Å². The lowest BCUT2D eigenvalue weighted by atomic mass is 10.1. The summed E-state index contributed by atoms with van der Waals surface area (Å²) < 4.78 is 0. The Morgan fingerprint density at radius 3 is 2.85 bits per heavy atom. The molecule has 2 aromatic heterocycles. The number of H-pyrrole nitrogens is 1. The van der Waals surface area contributed by atoms with Gasteiger partial charge in [0.25, 0.3) is 0 Å². The van der Waals surface area contributed by atoms with Gasteiger partial charge in [-0.2, -0.15) is 5.10 Å². The number of carbonyl (C=O) groups excluding carboxylic acids is 1. The van der Waals surface area contributed by atoms with Crippen molar-refractivity contribution in [1.29, 1.82) is 0 Å². The highest BCUT2D eigenvalue weighted by atomic mass is 32.1. The van der Waals surface area contributed by atoms with Crippen LogP contribution in [0, 0.1) is 0 Å². The van der Waals surface area contributed by atoms with E-state index in [0.29, 0.717) is 13.1 Å². The second kappa shape index (κ2) is 8.68. The highest BCUT2D eigenvalue weighted by molar-refractivity contribution is 7.10. The molecule has 0 saturated heterocycles. The van der Waals surface area contributed by atoms with Crippen molar-refractivity contribution < 1.29 is 4.79 Å². The first-order chi connectivity index (χ1) is 12.6. The fourth-order valence-electron chi connectivity index (χ4n) is 3.49. The first-order valence-corrected chi connectivity index (χ1v) is 10.2. The number of carbonyl (C=O) groups is 1. The van der Waals surface area contributed by atoms with Crippen LogP contribution in [0.1, 0.15) is 47.1 Å². The number of likely N-dealkylation sites (N-methyl/N-ethyl adjacent to an activating group) is 1. The van der Waals surface area contributed by atoms with E-state index in [1.54, 1.807) is 16.2 Å². The zero-order valence-corrected chi connectivity index (χ0v) is 16.7. The number of fused-ring (bicyclic) bond motifs is 1. The normalized spacial score (nSPS) is 15.4. The number of rotatable bonds is 6. The summed E-state index contributed by atoms with van der Waals surface area (Å²) in [5.41, 5.74) is 3.60. The predicted octanol–water partition coefficient (Wildman–Crippen LogP) is 3.18. The number of urea groups is 1. The standard InChI is InChI=1S/C19H29N5OS/c1-23(2)17(18-10-7-11-26-18)12-20-19(25)24(3)13-16-14-8-5-4-6-9-15(14)21-22-16/h7,10-11,17H,4-6,8-9,12-13H2,1-3H3,(H,20,25)(H,21,22)/t17-/m1/s1. The van der Waals surface area contributed by atoms with Gasteiger partial charge in [0.15, 0.2) is 0 Å². The number of nitrogens with one attached hydrogen (secondary N) is 2. The molecule has 6 nitrogen and oxygen atoms in total. The van der Waals surface area contributed by atoms with Crippen LogP contribution in [0.3, 0.4) is 0 Å². The van der Waals surface area contributed by atoms with Crippen LogP contribution >= 0.6 is 11.3 Å². The fourth-order valence-corrected chi connectivity index (χ4v) is 4.41. The Hall–Kier alpha value is -1.86. The number of hydrogen-bond donors (Lipinski definition) is 2. The molecule has 0 aliphatic heterocycles. The third kappa shape index (κ3) is 4.45. The minimum atomic E-state index is -0.0567. The molecule has 2 amide bonds. The lowest BCUT2D eigenvalue weighted by molar-refractivity contribution is 0.200. The Kier molecular flexibility index (Phi) is 6.32. The first-order valence-electron chi connectivity index (χ1n) is 9.30. The molecule has 1 aliphatic carbocycles. The van der Waals surface area contributed by atoms with Gasteiger partial charge in [-0.3, -0.25) is 5.10 Å². The van der Waals surface area contributed by atoms with Crippen molar-refractivity contribution in [2.24, 2.45) is 0 Å². The van der Waals surface area contributed by atoms with E-state index in [4.69, 9.17) is 0 Å². The molecule has 26 heavy (non-hydrogen) atoms. The summed E-state index contributed by atoms with van der Waals surface area (Å²) in [7, 11) is 5.92. The van der Waals surface area contributed by atoms with Crippen molar-refractivity contribution in [2.75, 3.05) is 27.7 Å². The van der Waals surface area contributed by atoms with Gasteiger partial charge in [0.05, 0.1) is 18.3 Å². The average molecular weight is 376 g/mol. The van der Waals surface area contributed by atoms with Crippen LogP contribution < -0.4 is 5.32 Å². The van der Waals surface area contributed by atoms with Crippen LogP contribution in [-0.4, -0.2) is 53.7 Å². The molecule has 7 heteroatoms. The molecule has 2 aromatic rings. The lowest BCUT2D eigenvalue weighted by Crippen LogP contribution is -2.41. The summed E-state index contributed by atoms with van der Waals surface area (Å²) >= 11 is 1.72. The Morgan fingerprint density at radius 2 is 2.12 bits per heavy atom.